The summed E-state index contributed by atoms with van der Waals surface area (Å²) in [7, 11) is 1.73. The molecule has 5 heteroatoms. The van der Waals surface area contributed by atoms with Crippen LogP contribution in [0.5, 0.6) is 0 Å². The molecule has 5 nitrogen and oxygen atoms in total. The summed E-state index contributed by atoms with van der Waals surface area (Å²) in [4.78, 5) is 16.8. The Kier molecular flexibility index (Phi) is 6.10. The zero-order valence-electron chi connectivity index (χ0n) is 14.6. The minimum absolute atomic E-state index is 0.115. The maximum absolute atomic E-state index is 12.5. The van der Waals surface area contributed by atoms with E-state index in [0.717, 1.165) is 58.6 Å². The van der Waals surface area contributed by atoms with E-state index in [9.17, 15) is 4.79 Å². The van der Waals surface area contributed by atoms with Crippen molar-refractivity contribution >= 4 is 6.03 Å². The molecule has 2 heterocycles. The molecule has 2 saturated heterocycles. The van der Waals surface area contributed by atoms with Crippen LogP contribution in [-0.2, 0) is 11.2 Å². The number of likely N-dealkylation sites (tertiary alicyclic amines) is 2. The van der Waals surface area contributed by atoms with Gasteiger partial charge in [0.05, 0.1) is 6.61 Å². The largest absolute Gasteiger partial charge is 0.383 e. The summed E-state index contributed by atoms with van der Waals surface area (Å²) >= 11 is 0. The van der Waals surface area contributed by atoms with Gasteiger partial charge in [-0.1, -0.05) is 30.3 Å². The number of carbonyl (C=O) groups excluding carboxylic acids is 1. The van der Waals surface area contributed by atoms with Crippen LogP contribution < -0.4 is 5.32 Å². The number of carbonyl (C=O) groups is 1. The van der Waals surface area contributed by atoms with Gasteiger partial charge < -0.3 is 15.0 Å². The van der Waals surface area contributed by atoms with Crippen LogP contribution in [0.1, 0.15) is 18.4 Å². The summed E-state index contributed by atoms with van der Waals surface area (Å²) in [5.74, 6) is 0.583. The third-order valence-corrected chi connectivity index (χ3v) is 5.15. The van der Waals surface area contributed by atoms with E-state index < -0.39 is 0 Å². The van der Waals surface area contributed by atoms with Crippen LogP contribution in [0.15, 0.2) is 30.3 Å². The van der Waals surface area contributed by atoms with Crippen LogP contribution in [0.2, 0.25) is 0 Å². The quantitative estimate of drug-likeness (QED) is 0.867. The van der Waals surface area contributed by atoms with Gasteiger partial charge in [0.25, 0.3) is 0 Å². The van der Waals surface area contributed by atoms with Crippen LogP contribution in [0.25, 0.3) is 0 Å². The van der Waals surface area contributed by atoms with Gasteiger partial charge >= 0.3 is 6.03 Å². The lowest BCUT2D eigenvalue weighted by molar-refractivity contribution is 0.159. The Morgan fingerprint density at radius 2 is 2.04 bits per heavy atom. The average Bonchev–Trinajstić information content (AvgIpc) is 3.23. The number of nitrogens with one attached hydrogen (secondary N) is 1. The van der Waals surface area contributed by atoms with Crippen molar-refractivity contribution in [3.8, 4) is 0 Å². The van der Waals surface area contributed by atoms with E-state index in [-0.39, 0.29) is 12.1 Å². The first kappa shape index (κ1) is 17.2. The van der Waals surface area contributed by atoms with Gasteiger partial charge in [0.2, 0.25) is 0 Å². The SMILES string of the molecule is COCCN1CC[C@@H](NC(=O)N2CC[C@H](Cc3ccccc3)C2)C1. The van der Waals surface area contributed by atoms with Crippen molar-refractivity contribution in [1.82, 2.24) is 15.1 Å². The highest BCUT2D eigenvalue weighted by molar-refractivity contribution is 5.74. The maximum atomic E-state index is 12.5. The van der Waals surface area contributed by atoms with Gasteiger partial charge in [0.15, 0.2) is 0 Å². The van der Waals surface area contributed by atoms with Gasteiger partial charge in [0, 0.05) is 45.9 Å². The summed E-state index contributed by atoms with van der Waals surface area (Å²) in [6.45, 7) is 5.45. The lowest BCUT2D eigenvalue weighted by atomic mass is 9.99. The topological polar surface area (TPSA) is 44.8 Å². The Morgan fingerprint density at radius 3 is 2.83 bits per heavy atom. The van der Waals surface area contributed by atoms with Crippen molar-refractivity contribution in [1.29, 1.82) is 0 Å². The van der Waals surface area contributed by atoms with Crippen molar-refractivity contribution in [2.75, 3.05) is 46.4 Å². The van der Waals surface area contributed by atoms with E-state index in [0.29, 0.717) is 5.92 Å². The lowest BCUT2D eigenvalue weighted by Gasteiger charge is -2.21. The normalized spacial score (nSPS) is 24.5. The van der Waals surface area contributed by atoms with Crippen LogP contribution >= 0.6 is 0 Å². The van der Waals surface area contributed by atoms with E-state index in [2.05, 4.69) is 40.5 Å². The highest BCUT2D eigenvalue weighted by Crippen LogP contribution is 2.21. The first-order chi connectivity index (χ1) is 11.7. The van der Waals surface area contributed by atoms with Crippen LogP contribution in [-0.4, -0.2) is 68.3 Å². The number of ether oxygens (including phenoxy) is 1. The number of hydrogen-bond donors (Lipinski definition) is 1. The molecule has 24 heavy (non-hydrogen) atoms. The fourth-order valence-electron chi connectivity index (χ4n) is 3.77. The van der Waals surface area contributed by atoms with E-state index in [1.165, 1.54) is 5.56 Å². The predicted molar refractivity (Wildman–Crippen MR) is 95.1 cm³/mol. The Hall–Kier alpha value is -1.59. The van der Waals surface area contributed by atoms with Crippen LogP contribution in [0, 0.1) is 5.92 Å². The minimum Gasteiger partial charge on any atom is -0.383 e. The molecule has 1 aromatic carbocycles. The molecule has 2 atom stereocenters. The molecule has 1 N–H and O–H groups in total. The molecule has 2 fully saturated rings. The summed E-state index contributed by atoms with van der Waals surface area (Å²) in [6.07, 6.45) is 3.21. The minimum atomic E-state index is 0.115. The van der Waals surface area contributed by atoms with E-state index in [1.54, 1.807) is 7.11 Å². The second-order valence-electron chi connectivity index (χ2n) is 7.02. The molecule has 2 aliphatic heterocycles. The number of rotatable bonds is 6. The van der Waals surface area contributed by atoms with E-state index in [1.807, 2.05) is 4.90 Å². The van der Waals surface area contributed by atoms with Gasteiger partial charge in [-0.3, -0.25) is 4.90 Å². The monoisotopic (exact) mass is 331 g/mol. The summed E-state index contributed by atoms with van der Waals surface area (Å²) in [6, 6.07) is 11.0. The van der Waals surface area contributed by atoms with Crippen LogP contribution in [0.4, 0.5) is 4.79 Å². The van der Waals surface area contributed by atoms with E-state index in [4.69, 9.17) is 4.74 Å². The molecule has 0 bridgehead atoms. The second kappa shape index (κ2) is 8.49. The fraction of sp³-hybridized carbons (Fsp3) is 0.632. The fourth-order valence-corrected chi connectivity index (χ4v) is 3.77. The summed E-state index contributed by atoms with van der Waals surface area (Å²) in [5.41, 5.74) is 1.37. The van der Waals surface area contributed by atoms with Crippen molar-refractivity contribution in [2.45, 2.75) is 25.3 Å². The maximum Gasteiger partial charge on any atom is 0.317 e. The lowest BCUT2D eigenvalue weighted by Crippen LogP contribution is -2.45. The third kappa shape index (κ3) is 4.71. The molecule has 0 aliphatic carbocycles. The second-order valence-corrected chi connectivity index (χ2v) is 7.02. The van der Waals surface area contributed by atoms with Gasteiger partial charge in [-0.05, 0) is 30.7 Å². The van der Waals surface area contributed by atoms with Crippen molar-refractivity contribution in [2.24, 2.45) is 5.92 Å². The van der Waals surface area contributed by atoms with E-state index >= 15 is 0 Å². The predicted octanol–water partition coefficient (Wildman–Crippen LogP) is 1.98. The summed E-state index contributed by atoms with van der Waals surface area (Å²) in [5, 5.41) is 3.22. The van der Waals surface area contributed by atoms with Crippen LogP contribution in [0.3, 0.4) is 0 Å². The Morgan fingerprint density at radius 1 is 1.21 bits per heavy atom. The van der Waals surface area contributed by atoms with Gasteiger partial charge in [-0.25, -0.2) is 4.79 Å². The van der Waals surface area contributed by atoms with Gasteiger partial charge in [0.1, 0.15) is 0 Å². The zero-order valence-corrected chi connectivity index (χ0v) is 14.6. The molecule has 0 spiro atoms. The molecule has 0 radical (unpaired) electrons. The number of nitrogens with zero attached hydrogens (tertiary/aromatic N) is 2. The molecular weight excluding hydrogens is 302 g/mol. The zero-order chi connectivity index (χ0) is 16.8. The highest BCUT2D eigenvalue weighted by atomic mass is 16.5. The summed E-state index contributed by atoms with van der Waals surface area (Å²) < 4.78 is 5.12. The smallest absolute Gasteiger partial charge is 0.317 e. The molecule has 132 valence electrons. The average molecular weight is 331 g/mol. The molecule has 0 saturated carbocycles. The molecule has 0 aromatic heterocycles. The number of hydrogen-bond acceptors (Lipinski definition) is 3. The Bertz CT molecular complexity index is 523. The molecule has 2 amide bonds. The van der Waals surface area contributed by atoms with Crippen molar-refractivity contribution < 1.29 is 9.53 Å². The highest BCUT2D eigenvalue weighted by Gasteiger charge is 2.29. The standard InChI is InChI=1S/C19H29N3O2/c1-24-12-11-21-9-8-18(15-21)20-19(23)22-10-7-17(14-22)13-16-5-3-2-4-6-16/h2-6,17-18H,7-15H2,1H3,(H,20,23)/t17-,18-/m1/s1. The molecule has 2 aliphatic rings. The Balaban J connectivity index is 1.40. The molecule has 0 unspecified atom stereocenters. The molecule has 1 aromatic rings. The third-order valence-electron chi connectivity index (χ3n) is 5.15. The van der Waals surface area contributed by atoms with Crippen molar-refractivity contribution in [3.05, 3.63) is 35.9 Å². The number of benzene rings is 1. The first-order valence-corrected chi connectivity index (χ1v) is 9.05. The van der Waals surface area contributed by atoms with Gasteiger partial charge in [-0.15, -0.1) is 0 Å². The Labute approximate surface area is 145 Å². The molecule has 3 rings (SSSR count). The van der Waals surface area contributed by atoms with Crippen molar-refractivity contribution in [3.63, 3.8) is 0 Å². The number of amides is 2. The molecular formula is C19H29N3O2. The number of methoxy groups -OCH3 is 1. The number of urea groups is 1. The first-order valence-electron chi connectivity index (χ1n) is 9.05. The van der Waals surface area contributed by atoms with Gasteiger partial charge in [-0.2, -0.15) is 0 Å².